The normalized spacial score (nSPS) is 11.2. The summed E-state index contributed by atoms with van der Waals surface area (Å²) in [5.74, 6) is 0.122. The smallest absolute Gasteiger partial charge is 0.140 e. The first kappa shape index (κ1) is 33.3. The van der Waals surface area contributed by atoms with Gasteiger partial charge < -0.3 is 0 Å². The van der Waals surface area contributed by atoms with Crippen molar-refractivity contribution < 1.29 is 9.59 Å². The van der Waals surface area contributed by atoms with Gasteiger partial charge >= 0.3 is 0 Å². The minimum absolute atomic E-state index is 0.000174. The van der Waals surface area contributed by atoms with E-state index >= 15 is 0 Å². The van der Waals surface area contributed by atoms with Gasteiger partial charge in [-0.05, 0) is 13.3 Å². The van der Waals surface area contributed by atoms with Crippen LogP contribution < -0.4 is 0 Å². The van der Waals surface area contributed by atoms with E-state index in [-0.39, 0.29) is 18.0 Å². The Morgan fingerprint density at radius 2 is 0.618 bits per heavy atom. The van der Waals surface area contributed by atoms with Crippen molar-refractivity contribution in [3.8, 4) is 0 Å². The number of Topliss-reactive ketones (excluding diaryl/α,β-unsaturated/α-hetero) is 2. The second kappa shape index (κ2) is 28.6. The summed E-state index contributed by atoms with van der Waals surface area (Å²) >= 11 is 0. The molecule has 202 valence electrons. The van der Waals surface area contributed by atoms with E-state index in [1.807, 2.05) is 0 Å². The SMILES string of the molecule is CCCCCCCCCCCCCCCCCCCCCCCCCCCCC(=O)CC(C)=O. The van der Waals surface area contributed by atoms with Crippen molar-refractivity contribution in [3.63, 3.8) is 0 Å². The van der Waals surface area contributed by atoms with Crippen molar-refractivity contribution >= 4 is 11.6 Å². The highest BCUT2D eigenvalue weighted by atomic mass is 16.1. The number of ketones is 2. The first-order chi connectivity index (χ1) is 16.7. The molecule has 34 heavy (non-hydrogen) atoms. The Balaban J connectivity index is 3.06. The summed E-state index contributed by atoms with van der Waals surface area (Å²) < 4.78 is 0. The van der Waals surface area contributed by atoms with Crippen molar-refractivity contribution in [2.24, 2.45) is 0 Å². The number of unbranched alkanes of at least 4 members (excludes halogenated alkanes) is 25. The molecule has 0 aromatic rings. The van der Waals surface area contributed by atoms with Crippen LogP contribution in [0.1, 0.15) is 194 Å². The molecule has 0 bridgehead atoms. The average molecular weight is 479 g/mol. The molecule has 0 fully saturated rings. The standard InChI is InChI=1S/C32H62O2/c1-3-4-5-6-7-8-9-10-11-12-13-14-15-16-17-18-19-20-21-22-23-24-25-26-27-28-29-32(34)30-31(2)33/h3-30H2,1-2H3. The third-order valence-corrected chi connectivity index (χ3v) is 7.26. The van der Waals surface area contributed by atoms with E-state index in [0.29, 0.717) is 6.42 Å². The van der Waals surface area contributed by atoms with Gasteiger partial charge in [-0.3, -0.25) is 9.59 Å². The molecule has 0 aromatic carbocycles. The third-order valence-electron chi connectivity index (χ3n) is 7.26. The van der Waals surface area contributed by atoms with Crippen LogP contribution in [-0.4, -0.2) is 11.6 Å². The second-order valence-electron chi connectivity index (χ2n) is 11.0. The Morgan fingerprint density at radius 3 is 0.853 bits per heavy atom. The summed E-state index contributed by atoms with van der Waals surface area (Å²) in [5.41, 5.74) is 0. The zero-order valence-corrected chi connectivity index (χ0v) is 23.6. The van der Waals surface area contributed by atoms with Gasteiger partial charge in [-0.25, -0.2) is 0 Å². The van der Waals surface area contributed by atoms with E-state index in [1.165, 1.54) is 161 Å². The maximum absolute atomic E-state index is 11.5. The number of carbonyl (C=O) groups excluding carboxylic acids is 2. The first-order valence-corrected chi connectivity index (χ1v) is 15.7. The van der Waals surface area contributed by atoms with Crippen LogP contribution in [0.3, 0.4) is 0 Å². The van der Waals surface area contributed by atoms with Crippen LogP contribution in [0.15, 0.2) is 0 Å². The van der Waals surface area contributed by atoms with Gasteiger partial charge in [0.2, 0.25) is 0 Å². The Bertz CT molecular complexity index is 429. The van der Waals surface area contributed by atoms with Gasteiger partial charge in [-0.2, -0.15) is 0 Å². The van der Waals surface area contributed by atoms with Crippen LogP contribution in [-0.2, 0) is 9.59 Å². The van der Waals surface area contributed by atoms with Gasteiger partial charge in [0.1, 0.15) is 11.6 Å². The summed E-state index contributed by atoms with van der Waals surface area (Å²) in [5, 5.41) is 0. The molecule has 0 saturated heterocycles. The quantitative estimate of drug-likeness (QED) is 0.0791. The van der Waals surface area contributed by atoms with Crippen LogP contribution >= 0.6 is 0 Å². The van der Waals surface area contributed by atoms with Crippen LogP contribution in [0.4, 0.5) is 0 Å². The lowest BCUT2D eigenvalue weighted by Gasteiger charge is -2.04. The fraction of sp³-hybridized carbons (Fsp3) is 0.938. The van der Waals surface area contributed by atoms with Gasteiger partial charge in [0, 0.05) is 6.42 Å². The third kappa shape index (κ3) is 29.4. The van der Waals surface area contributed by atoms with Gasteiger partial charge in [0.05, 0.1) is 6.42 Å². The molecule has 0 spiro atoms. The first-order valence-electron chi connectivity index (χ1n) is 15.7. The molecule has 0 atom stereocenters. The fourth-order valence-electron chi connectivity index (χ4n) is 5.00. The Morgan fingerprint density at radius 1 is 0.382 bits per heavy atom. The topological polar surface area (TPSA) is 34.1 Å². The lowest BCUT2D eigenvalue weighted by atomic mass is 10.0. The highest BCUT2D eigenvalue weighted by molar-refractivity contribution is 5.97. The molecule has 0 heterocycles. The number of hydrogen-bond acceptors (Lipinski definition) is 2. The highest BCUT2D eigenvalue weighted by Crippen LogP contribution is 2.16. The number of rotatable bonds is 29. The van der Waals surface area contributed by atoms with Gasteiger partial charge in [-0.15, -0.1) is 0 Å². The molecule has 0 aliphatic rings. The van der Waals surface area contributed by atoms with Gasteiger partial charge in [-0.1, -0.05) is 167 Å². The lowest BCUT2D eigenvalue weighted by molar-refractivity contribution is -0.125. The summed E-state index contributed by atoms with van der Waals surface area (Å²) in [6.07, 6.45) is 37.1. The molecule has 0 radical (unpaired) electrons. The van der Waals surface area contributed by atoms with Gasteiger partial charge in [0.25, 0.3) is 0 Å². The lowest BCUT2D eigenvalue weighted by Crippen LogP contribution is -2.03. The van der Waals surface area contributed by atoms with E-state index in [1.54, 1.807) is 0 Å². The van der Waals surface area contributed by atoms with E-state index < -0.39 is 0 Å². The molecule has 0 amide bonds. The van der Waals surface area contributed by atoms with Crippen LogP contribution in [0, 0.1) is 0 Å². The van der Waals surface area contributed by atoms with Crippen LogP contribution in [0.2, 0.25) is 0 Å². The van der Waals surface area contributed by atoms with Gasteiger partial charge in [0.15, 0.2) is 0 Å². The fourth-order valence-corrected chi connectivity index (χ4v) is 5.00. The zero-order valence-electron chi connectivity index (χ0n) is 23.6. The molecule has 0 N–H and O–H groups in total. The Hall–Kier alpha value is -0.660. The second-order valence-corrected chi connectivity index (χ2v) is 11.0. The maximum Gasteiger partial charge on any atom is 0.140 e. The zero-order chi connectivity index (χ0) is 25.0. The molecule has 0 saturated carbocycles. The molecular weight excluding hydrogens is 416 g/mol. The molecule has 0 rings (SSSR count). The minimum Gasteiger partial charge on any atom is -0.300 e. The predicted molar refractivity (Wildman–Crippen MR) is 151 cm³/mol. The molecule has 0 unspecified atom stereocenters. The summed E-state index contributed by atoms with van der Waals surface area (Å²) in [6.45, 7) is 3.79. The van der Waals surface area contributed by atoms with Crippen molar-refractivity contribution in [1.82, 2.24) is 0 Å². The van der Waals surface area contributed by atoms with E-state index in [4.69, 9.17) is 0 Å². The summed E-state index contributed by atoms with van der Waals surface area (Å²) in [4.78, 5) is 22.3. The number of hydrogen-bond donors (Lipinski definition) is 0. The monoisotopic (exact) mass is 478 g/mol. The van der Waals surface area contributed by atoms with Crippen molar-refractivity contribution in [3.05, 3.63) is 0 Å². The Kier molecular flexibility index (Phi) is 28.0. The number of carbonyl (C=O) groups is 2. The molecule has 2 heteroatoms. The molecule has 2 nitrogen and oxygen atoms in total. The largest absolute Gasteiger partial charge is 0.300 e. The molecular formula is C32H62O2. The molecule has 0 aliphatic carbocycles. The molecule has 0 aliphatic heterocycles. The Labute approximate surface area is 214 Å². The predicted octanol–water partition coefficient (Wildman–Crippen LogP) is 11.1. The van der Waals surface area contributed by atoms with E-state index in [9.17, 15) is 9.59 Å². The summed E-state index contributed by atoms with van der Waals surface area (Å²) in [7, 11) is 0. The highest BCUT2D eigenvalue weighted by Gasteiger charge is 2.04. The van der Waals surface area contributed by atoms with Crippen molar-refractivity contribution in [2.75, 3.05) is 0 Å². The van der Waals surface area contributed by atoms with Crippen molar-refractivity contribution in [2.45, 2.75) is 194 Å². The van der Waals surface area contributed by atoms with E-state index in [2.05, 4.69) is 6.92 Å². The minimum atomic E-state index is -0.000174. The van der Waals surface area contributed by atoms with Crippen LogP contribution in [0.25, 0.3) is 0 Å². The van der Waals surface area contributed by atoms with Crippen LogP contribution in [0.5, 0.6) is 0 Å². The maximum atomic E-state index is 11.5. The molecule has 0 aromatic heterocycles. The summed E-state index contributed by atoms with van der Waals surface area (Å²) in [6, 6.07) is 0. The van der Waals surface area contributed by atoms with Crippen molar-refractivity contribution in [1.29, 1.82) is 0 Å². The van der Waals surface area contributed by atoms with E-state index in [0.717, 1.165) is 12.8 Å². The average Bonchev–Trinajstić information content (AvgIpc) is 2.81.